The van der Waals surface area contributed by atoms with Gasteiger partial charge in [-0.05, 0) is 65.2 Å². The minimum atomic E-state index is -1.88. The van der Waals surface area contributed by atoms with Gasteiger partial charge in [0.1, 0.15) is 41.3 Å². The first-order valence-corrected chi connectivity index (χ1v) is 24.4. The summed E-state index contributed by atoms with van der Waals surface area (Å²) < 4.78 is 0. The van der Waals surface area contributed by atoms with E-state index < -0.39 is 152 Å². The molecule has 1 heterocycles. The van der Waals surface area contributed by atoms with E-state index in [1.165, 1.54) is 20.8 Å². The van der Waals surface area contributed by atoms with Gasteiger partial charge in [-0.15, -0.1) is 0 Å². The van der Waals surface area contributed by atoms with Crippen LogP contribution in [0.15, 0.2) is 17.1 Å². The largest absolute Gasteiger partial charge is 0.481 e. The van der Waals surface area contributed by atoms with Crippen LogP contribution in [0.25, 0.3) is 0 Å². The lowest BCUT2D eigenvalue weighted by Gasteiger charge is -2.32. The number of nitrogens with two attached hydrogens (primary N) is 3. The number of hydrogen-bond donors (Lipinski definition) is 17. The van der Waals surface area contributed by atoms with Gasteiger partial charge < -0.3 is 85.7 Å². The van der Waals surface area contributed by atoms with Crippen molar-refractivity contribution in [2.75, 3.05) is 45.1 Å². The number of thiol groups is 1. The van der Waals surface area contributed by atoms with Crippen molar-refractivity contribution in [2.45, 2.75) is 139 Å². The Morgan fingerprint density at radius 2 is 1.36 bits per heavy atom. The maximum absolute atomic E-state index is 13.8. The van der Waals surface area contributed by atoms with E-state index in [1.54, 1.807) is 0 Å². The molecule has 0 fully saturated rings. The third-order valence-corrected chi connectivity index (χ3v) is 11.6. The highest BCUT2D eigenvalue weighted by molar-refractivity contribution is 7.80. The summed E-state index contributed by atoms with van der Waals surface area (Å²) in [4.78, 5) is 158. The van der Waals surface area contributed by atoms with Crippen molar-refractivity contribution in [3.63, 3.8) is 0 Å². The van der Waals surface area contributed by atoms with E-state index in [-0.39, 0.29) is 50.4 Å². The molecule has 416 valence electrons. The van der Waals surface area contributed by atoms with Crippen LogP contribution in [0.5, 0.6) is 0 Å². The van der Waals surface area contributed by atoms with Gasteiger partial charge in [-0.2, -0.15) is 12.6 Å². The summed E-state index contributed by atoms with van der Waals surface area (Å²) in [5.74, 6) is -12.1. The first kappa shape index (κ1) is 64.9. The van der Waals surface area contributed by atoms with Gasteiger partial charge in [0.05, 0.1) is 39.3 Å². The summed E-state index contributed by atoms with van der Waals surface area (Å²) in [7, 11) is 0. The van der Waals surface area contributed by atoms with Gasteiger partial charge in [0.25, 0.3) is 0 Å². The highest BCUT2D eigenvalue weighted by Crippen LogP contribution is 2.19. The summed E-state index contributed by atoms with van der Waals surface area (Å²) in [5, 5.41) is 52.7. The number of aliphatic hydroxyl groups excluding tert-OH is 2. The second kappa shape index (κ2) is 33.6. The third kappa shape index (κ3) is 25.0. The van der Waals surface area contributed by atoms with E-state index in [0.29, 0.717) is 25.7 Å². The SMILES string of the molecule is CC(=O)NC1(C)CCCCCC/C=C/CCC[C@@](C)(C(=O)NCC(=O)N[C@@H](CO)C(=O)N[C@@H](CO)C(=O)NCC(=O)N[C@@H](CS)C(N)=O)NC(=O)[C@H](CC(=O)O)NC(=O)CNC(=O)C(CCCN=C(N)N)NC1=O. The van der Waals surface area contributed by atoms with Crippen molar-refractivity contribution < 1.29 is 72.9 Å². The molecular formula is C44H74N14O15S. The van der Waals surface area contributed by atoms with Gasteiger partial charge in [-0.3, -0.25) is 62.5 Å². The van der Waals surface area contributed by atoms with Crippen molar-refractivity contribution in [2.24, 2.45) is 22.2 Å². The average Bonchev–Trinajstić information content (AvgIpc) is 3.32. The van der Waals surface area contributed by atoms with Crippen LogP contribution >= 0.6 is 12.6 Å². The zero-order valence-corrected chi connectivity index (χ0v) is 42.7. The fourth-order valence-corrected chi connectivity index (χ4v) is 7.40. The molecule has 2 unspecified atom stereocenters. The second-order valence-corrected chi connectivity index (χ2v) is 18.1. The molecule has 0 aromatic heterocycles. The monoisotopic (exact) mass is 1070 g/mol. The van der Waals surface area contributed by atoms with E-state index in [2.05, 4.69) is 70.8 Å². The molecule has 30 heteroatoms. The summed E-state index contributed by atoms with van der Waals surface area (Å²) in [6.07, 6.45) is 7.14. The predicted octanol–water partition coefficient (Wildman–Crippen LogP) is -6.46. The molecule has 0 saturated carbocycles. The molecule has 1 rings (SSSR count). The van der Waals surface area contributed by atoms with E-state index in [1.807, 2.05) is 12.2 Å². The number of carbonyl (C=O) groups is 12. The Morgan fingerprint density at radius 3 is 1.95 bits per heavy atom. The molecule has 0 radical (unpaired) electrons. The molecule has 1 aliphatic rings. The maximum Gasteiger partial charge on any atom is 0.305 e. The first-order chi connectivity index (χ1) is 34.8. The molecule has 0 aromatic rings. The Labute approximate surface area is 433 Å². The van der Waals surface area contributed by atoms with Crippen molar-refractivity contribution >= 4 is 89.5 Å². The van der Waals surface area contributed by atoms with Crippen molar-refractivity contribution in [1.29, 1.82) is 0 Å². The maximum atomic E-state index is 13.8. The van der Waals surface area contributed by atoms with Crippen LogP contribution in [0, 0.1) is 0 Å². The molecule has 0 spiro atoms. The number of nitrogens with one attached hydrogen (secondary N) is 10. The van der Waals surface area contributed by atoms with Crippen LogP contribution in [0.3, 0.4) is 0 Å². The summed E-state index contributed by atoms with van der Waals surface area (Å²) in [6, 6.07) is -7.70. The number of amides is 11. The van der Waals surface area contributed by atoms with Crippen LogP contribution in [0.4, 0.5) is 0 Å². The zero-order chi connectivity index (χ0) is 56.0. The molecule has 74 heavy (non-hydrogen) atoms. The summed E-state index contributed by atoms with van der Waals surface area (Å²) >= 11 is 3.89. The topological polar surface area (TPSA) is 476 Å². The van der Waals surface area contributed by atoms with Crippen LogP contribution in [0.1, 0.15) is 97.8 Å². The van der Waals surface area contributed by atoms with E-state index in [9.17, 15) is 72.9 Å². The number of carboxylic acid groups (broad SMARTS) is 1. The highest BCUT2D eigenvalue weighted by atomic mass is 32.1. The fraction of sp³-hybridized carbons (Fsp3) is 0.659. The molecule has 7 atom stereocenters. The summed E-state index contributed by atoms with van der Waals surface area (Å²) in [5.41, 5.74) is 12.7. The minimum Gasteiger partial charge on any atom is -0.481 e. The number of hydrogen-bond acceptors (Lipinski definition) is 16. The number of allylic oxidation sites excluding steroid dienone is 2. The zero-order valence-electron chi connectivity index (χ0n) is 41.8. The van der Waals surface area contributed by atoms with Gasteiger partial charge in [-0.25, -0.2) is 0 Å². The number of nitrogens with zero attached hydrogens (tertiary/aromatic N) is 1. The molecular weight excluding hydrogens is 997 g/mol. The lowest BCUT2D eigenvalue weighted by Crippen LogP contribution is -2.62. The number of aliphatic carboxylic acids is 1. The van der Waals surface area contributed by atoms with Gasteiger partial charge in [0.2, 0.25) is 65.0 Å². The molecule has 0 bridgehead atoms. The van der Waals surface area contributed by atoms with Gasteiger partial charge in [-0.1, -0.05) is 31.4 Å². The highest BCUT2D eigenvalue weighted by Gasteiger charge is 2.39. The van der Waals surface area contributed by atoms with Crippen LogP contribution in [-0.4, -0.2) is 179 Å². The molecule has 0 saturated heterocycles. The number of aliphatic hydroxyl groups is 2. The van der Waals surface area contributed by atoms with E-state index in [4.69, 9.17) is 17.2 Å². The normalized spacial score (nSPS) is 22.3. The van der Waals surface area contributed by atoms with Crippen molar-refractivity contribution in [1.82, 2.24) is 53.2 Å². The second-order valence-electron chi connectivity index (χ2n) is 17.7. The smallest absolute Gasteiger partial charge is 0.305 e. The number of rotatable bonds is 21. The lowest BCUT2D eigenvalue weighted by atomic mass is 9.91. The lowest BCUT2D eigenvalue weighted by molar-refractivity contribution is -0.142. The Kier molecular flexibility index (Phi) is 29.5. The predicted molar refractivity (Wildman–Crippen MR) is 268 cm³/mol. The van der Waals surface area contributed by atoms with Gasteiger partial charge in [0.15, 0.2) is 5.96 Å². The minimum absolute atomic E-state index is 0.0286. The fourth-order valence-electron chi connectivity index (χ4n) is 7.13. The molecule has 11 amide bonds. The van der Waals surface area contributed by atoms with Gasteiger partial charge in [0, 0.05) is 19.2 Å². The molecule has 0 aliphatic carbocycles. The number of carbonyl (C=O) groups excluding carboxylic acids is 11. The number of primary amides is 1. The van der Waals surface area contributed by atoms with E-state index >= 15 is 0 Å². The molecule has 1 aliphatic heterocycles. The van der Waals surface area contributed by atoms with Gasteiger partial charge >= 0.3 is 5.97 Å². The number of aliphatic imine (C=N–C) groups is 1. The van der Waals surface area contributed by atoms with Crippen molar-refractivity contribution in [3.05, 3.63) is 12.2 Å². The van der Waals surface area contributed by atoms with Crippen LogP contribution in [0.2, 0.25) is 0 Å². The van der Waals surface area contributed by atoms with Crippen molar-refractivity contribution in [3.8, 4) is 0 Å². The summed E-state index contributed by atoms with van der Waals surface area (Å²) in [6.45, 7) is -0.273. The quantitative estimate of drug-likeness (QED) is 0.0167. The Bertz CT molecular complexity index is 2060. The average molecular weight is 1070 g/mol. The first-order valence-electron chi connectivity index (χ1n) is 23.8. The molecule has 0 aromatic carbocycles. The van der Waals surface area contributed by atoms with E-state index in [0.717, 1.165) is 12.8 Å². The number of guanidine groups is 1. The number of carboxylic acids is 1. The Balaban J connectivity index is 3.30. The standard InChI is InChI=1S/C44H74N14O15S/c1-25(61)57-44(3)16-12-10-8-6-4-5-7-9-11-15-43(2,58-39(71)27(18-34(65)66)52-31(62)19-49-36(68)26(56-41(44)73)14-13-17-48-42(46)47)40(72)51-21-33(64)53-29(23-60)38(70)55-28(22-59)37(69)50-20-32(63)54-30(24-74)35(45)67/h5,7,26-30,59-60,74H,4,6,8-24H2,1-3H3,(H2,45,67)(H,49,68)(H,50,69)(H,51,72)(H,52,62)(H,53,64)(H,54,63)(H,55,70)(H,56,73)(H,57,61)(H,58,71)(H,65,66)(H4,46,47,48)/b7-5+/t26?,27-,28-,29-,30-,43-,44?/m0/s1. The van der Waals surface area contributed by atoms with Crippen LogP contribution < -0.4 is 70.4 Å². The third-order valence-electron chi connectivity index (χ3n) is 11.2. The van der Waals surface area contributed by atoms with Crippen LogP contribution in [-0.2, 0) is 57.5 Å². The Hall–Kier alpha value is -7.08. The molecule has 29 nitrogen and oxygen atoms in total. The Morgan fingerprint density at radius 1 is 0.770 bits per heavy atom. The molecule has 19 N–H and O–H groups in total.